The van der Waals surface area contributed by atoms with Gasteiger partial charge in [-0.1, -0.05) is 0 Å². The van der Waals surface area contributed by atoms with Crippen molar-refractivity contribution < 1.29 is 34.3 Å². The fraction of sp³-hybridized carbons (Fsp3) is 1.00. The van der Waals surface area contributed by atoms with Gasteiger partial charge in [0, 0.05) is 7.11 Å². The Bertz CT molecular complexity index is 167. The Labute approximate surface area is 107 Å². The van der Waals surface area contributed by atoms with Gasteiger partial charge in [0.25, 0.3) is 0 Å². The summed E-state index contributed by atoms with van der Waals surface area (Å²) >= 11 is 0. The molecule has 0 amide bonds. The third kappa shape index (κ3) is 9.72. The Morgan fingerprint density at radius 2 is 1.39 bits per heavy atom. The summed E-state index contributed by atoms with van der Waals surface area (Å²) < 4.78 is 20.7. The molecule has 0 fully saturated rings. The van der Waals surface area contributed by atoms with E-state index in [0.29, 0.717) is 6.61 Å². The zero-order valence-electron chi connectivity index (χ0n) is 10.8. The van der Waals surface area contributed by atoms with E-state index >= 15 is 0 Å². The van der Waals surface area contributed by atoms with Gasteiger partial charge in [0.05, 0.1) is 52.9 Å². The molecule has 0 aliphatic carbocycles. The molecule has 0 heterocycles. The van der Waals surface area contributed by atoms with E-state index in [1.54, 1.807) is 7.11 Å². The molecular weight excluding hydrogens is 244 g/mol. The number of rotatable bonds is 13. The quantitative estimate of drug-likeness (QED) is 0.370. The highest BCUT2D eigenvalue weighted by molar-refractivity contribution is 4.58. The Balaban J connectivity index is 3.73. The minimum Gasteiger partial charge on any atom is -0.394 e. The molecule has 7 nitrogen and oxygen atoms in total. The van der Waals surface area contributed by atoms with Gasteiger partial charge in [0.2, 0.25) is 0 Å². The van der Waals surface area contributed by atoms with Crippen molar-refractivity contribution in [2.45, 2.75) is 12.2 Å². The summed E-state index contributed by atoms with van der Waals surface area (Å²) in [6.07, 6.45) is -0.725. The third-order valence-electron chi connectivity index (χ3n) is 2.05. The molecule has 3 N–H and O–H groups in total. The van der Waals surface area contributed by atoms with E-state index in [-0.39, 0.29) is 52.4 Å². The predicted octanol–water partition coefficient (Wildman–Crippen LogP) is -1.60. The van der Waals surface area contributed by atoms with Gasteiger partial charge in [-0.05, 0) is 0 Å². The number of hydrogen-bond acceptors (Lipinski definition) is 7. The predicted molar refractivity (Wildman–Crippen MR) is 63.4 cm³/mol. The lowest BCUT2D eigenvalue weighted by atomic mass is 10.4. The Kier molecular flexibility index (Phi) is 13.0. The molecule has 0 saturated heterocycles. The van der Waals surface area contributed by atoms with E-state index < -0.39 is 6.10 Å². The largest absolute Gasteiger partial charge is 0.394 e. The van der Waals surface area contributed by atoms with Crippen LogP contribution in [0.3, 0.4) is 0 Å². The second-order valence-electron chi connectivity index (χ2n) is 3.61. The molecule has 0 aliphatic heterocycles. The van der Waals surface area contributed by atoms with E-state index in [2.05, 4.69) is 0 Å². The minimum absolute atomic E-state index is 0.0565. The maximum atomic E-state index is 8.99. The molecule has 0 saturated carbocycles. The molecule has 0 aromatic heterocycles. The Morgan fingerprint density at radius 3 is 1.89 bits per heavy atom. The zero-order valence-corrected chi connectivity index (χ0v) is 10.8. The average Bonchev–Trinajstić information content (AvgIpc) is 2.39. The van der Waals surface area contributed by atoms with Gasteiger partial charge in [0.15, 0.2) is 0 Å². The van der Waals surface area contributed by atoms with Gasteiger partial charge in [-0.2, -0.15) is 0 Å². The van der Waals surface area contributed by atoms with Crippen LogP contribution in [0.4, 0.5) is 0 Å². The van der Waals surface area contributed by atoms with Crippen LogP contribution in [-0.2, 0) is 18.9 Å². The molecule has 7 heteroatoms. The first-order chi connectivity index (χ1) is 8.78. The van der Waals surface area contributed by atoms with Crippen LogP contribution in [0.1, 0.15) is 0 Å². The van der Waals surface area contributed by atoms with Crippen molar-refractivity contribution >= 4 is 0 Å². The molecule has 0 bridgehead atoms. The second-order valence-corrected chi connectivity index (χ2v) is 3.61. The molecular formula is C11H24O7. The monoisotopic (exact) mass is 268 g/mol. The molecule has 2 atom stereocenters. The molecule has 0 aliphatic rings. The first-order valence-corrected chi connectivity index (χ1v) is 5.90. The molecule has 2 unspecified atom stereocenters. The van der Waals surface area contributed by atoms with Gasteiger partial charge in [-0.3, -0.25) is 0 Å². The maximum absolute atomic E-state index is 8.99. The van der Waals surface area contributed by atoms with Crippen molar-refractivity contribution in [2.75, 3.05) is 60.0 Å². The van der Waals surface area contributed by atoms with Gasteiger partial charge < -0.3 is 34.3 Å². The number of ether oxygens (including phenoxy) is 4. The van der Waals surface area contributed by atoms with Crippen LogP contribution in [0.25, 0.3) is 0 Å². The van der Waals surface area contributed by atoms with Crippen LogP contribution >= 0.6 is 0 Å². The summed E-state index contributed by atoms with van der Waals surface area (Å²) in [5, 5.41) is 26.2. The lowest BCUT2D eigenvalue weighted by molar-refractivity contribution is -0.0908. The van der Waals surface area contributed by atoms with E-state index in [0.717, 1.165) is 0 Å². The first-order valence-electron chi connectivity index (χ1n) is 5.90. The van der Waals surface area contributed by atoms with Crippen molar-refractivity contribution in [3.8, 4) is 0 Å². The second kappa shape index (κ2) is 13.2. The summed E-state index contributed by atoms with van der Waals surface area (Å²) in [6, 6.07) is 0. The molecule has 110 valence electrons. The smallest absolute Gasteiger partial charge is 0.104 e. The topological polar surface area (TPSA) is 97.6 Å². The minimum atomic E-state index is -0.460. The number of aliphatic hydroxyl groups is 3. The lowest BCUT2D eigenvalue weighted by Gasteiger charge is -2.19. The summed E-state index contributed by atoms with van der Waals surface area (Å²) in [6.45, 7) is 0.917. The van der Waals surface area contributed by atoms with Gasteiger partial charge in [0.1, 0.15) is 12.2 Å². The highest BCUT2D eigenvalue weighted by atomic mass is 16.6. The summed E-state index contributed by atoms with van der Waals surface area (Å²) in [5.41, 5.74) is 0. The van der Waals surface area contributed by atoms with Crippen LogP contribution in [0.5, 0.6) is 0 Å². The molecule has 0 aromatic carbocycles. The third-order valence-corrected chi connectivity index (χ3v) is 2.05. The van der Waals surface area contributed by atoms with Crippen molar-refractivity contribution in [1.82, 2.24) is 0 Å². The van der Waals surface area contributed by atoms with E-state index in [4.69, 9.17) is 34.3 Å². The highest BCUT2D eigenvalue weighted by Gasteiger charge is 2.12. The van der Waals surface area contributed by atoms with Crippen molar-refractivity contribution in [3.05, 3.63) is 0 Å². The molecule has 0 radical (unpaired) electrons. The van der Waals surface area contributed by atoms with E-state index in [1.807, 2.05) is 0 Å². The first kappa shape index (κ1) is 17.7. The molecule has 0 spiro atoms. The van der Waals surface area contributed by atoms with E-state index in [9.17, 15) is 0 Å². The van der Waals surface area contributed by atoms with Crippen LogP contribution in [0.2, 0.25) is 0 Å². The highest BCUT2D eigenvalue weighted by Crippen LogP contribution is 1.98. The SMILES string of the molecule is COCC(COCC(CO)OCCO)OCCO. The van der Waals surface area contributed by atoms with Crippen molar-refractivity contribution in [2.24, 2.45) is 0 Å². The van der Waals surface area contributed by atoms with Crippen LogP contribution in [0, 0.1) is 0 Å². The molecule has 0 rings (SSSR count). The van der Waals surface area contributed by atoms with Gasteiger partial charge in [-0.15, -0.1) is 0 Å². The Morgan fingerprint density at radius 1 is 0.833 bits per heavy atom. The zero-order chi connectivity index (χ0) is 13.6. The number of methoxy groups -OCH3 is 1. The average molecular weight is 268 g/mol. The summed E-state index contributed by atoms with van der Waals surface area (Å²) in [5.74, 6) is 0. The summed E-state index contributed by atoms with van der Waals surface area (Å²) in [4.78, 5) is 0. The molecule has 0 aromatic rings. The number of hydrogen-bond donors (Lipinski definition) is 3. The maximum Gasteiger partial charge on any atom is 0.104 e. The van der Waals surface area contributed by atoms with Crippen molar-refractivity contribution in [3.63, 3.8) is 0 Å². The van der Waals surface area contributed by atoms with Gasteiger partial charge in [-0.25, -0.2) is 0 Å². The fourth-order valence-corrected chi connectivity index (χ4v) is 1.25. The molecule has 18 heavy (non-hydrogen) atoms. The van der Waals surface area contributed by atoms with Crippen LogP contribution in [0.15, 0.2) is 0 Å². The van der Waals surface area contributed by atoms with Crippen LogP contribution in [-0.4, -0.2) is 87.5 Å². The van der Waals surface area contributed by atoms with Crippen molar-refractivity contribution in [1.29, 1.82) is 0 Å². The van der Waals surface area contributed by atoms with Gasteiger partial charge >= 0.3 is 0 Å². The van der Waals surface area contributed by atoms with E-state index in [1.165, 1.54) is 0 Å². The standard InChI is InChI=1S/C11H24O7/c1-15-7-11(18-5-3-13)9-16-8-10(6-14)17-4-2-12/h10-14H,2-9H2,1H3. The Hall–Kier alpha value is -0.280. The fourth-order valence-electron chi connectivity index (χ4n) is 1.25. The normalized spacial score (nSPS) is 14.7. The summed E-state index contributed by atoms with van der Waals surface area (Å²) in [7, 11) is 1.55. The van der Waals surface area contributed by atoms with Crippen LogP contribution < -0.4 is 0 Å². The lowest BCUT2D eigenvalue weighted by Crippen LogP contribution is -2.31. The number of aliphatic hydroxyl groups excluding tert-OH is 3.